The fourth-order valence-corrected chi connectivity index (χ4v) is 2.81. The third-order valence-electron chi connectivity index (χ3n) is 3.90. The fourth-order valence-electron chi connectivity index (χ4n) is 2.81. The van der Waals surface area contributed by atoms with Crippen LogP contribution in [0, 0.1) is 5.92 Å². The minimum absolute atomic E-state index is 0.0233. The van der Waals surface area contributed by atoms with Crippen molar-refractivity contribution in [2.75, 3.05) is 12.3 Å². The van der Waals surface area contributed by atoms with Crippen LogP contribution < -0.4 is 11.2 Å². The molecule has 3 rings (SSSR count). The van der Waals surface area contributed by atoms with E-state index in [1.54, 1.807) is 13.0 Å². The molecular weight excluding hydrogens is 320 g/mol. The number of nitrogen functional groups attached to an aromatic ring is 1. The standard InChI is InChI=1S/C19H20N2O4/c1-4-24-19(23)14-9-13-16(22)12-8-11(7-10(2)3)5-6-15(12)25-18(13)21-17(14)20/h5-6,8-10H,4,7H2,1-3H3,(H2,20,21). The van der Waals surface area contributed by atoms with Gasteiger partial charge in [0.15, 0.2) is 0 Å². The van der Waals surface area contributed by atoms with Crippen LogP contribution in [0.4, 0.5) is 5.82 Å². The number of hydrogen-bond donors (Lipinski definition) is 1. The second-order valence-electron chi connectivity index (χ2n) is 6.35. The van der Waals surface area contributed by atoms with E-state index in [1.807, 2.05) is 12.1 Å². The Hall–Kier alpha value is -2.89. The van der Waals surface area contributed by atoms with Crippen LogP contribution in [0.2, 0.25) is 0 Å². The summed E-state index contributed by atoms with van der Waals surface area (Å²) < 4.78 is 10.7. The van der Waals surface area contributed by atoms with Crippen LogP contribution in [-0.4, -0.2) is 17.6 Å². The molecule has 0 aliphatic rings. The molecule has 0 aliphatic heterocycles. The number of nitrogens with zero attached hydrogens (tertiary/aromatic N) is 1. The summed E-state index contributed by atoms with van der Waals surface area (Å²) in [5.41, 5.74) is 7.26. The van der Waals surface area contributed by atoms with Crippen molar-refractivity contribution < 1.29 is 13.9 Å². The number of pyridine rings is 1. The van der Waals surface area contributed by atoms with Crippen LogP contribution in [0.25, 0.3) is 22.1 Å². The Morgan fingerprint density at radius 3 is 2.72 bits per heavy atom. The van der Waals surface area contributed by atoms with E-state index >= 15 is 0 Å². The molecule has 0 radical (unpaired) electrons. The van der Waals surface area contributed by atoms with Crippen molar-refractivity contribution in [3.8, 4) is 0 Å². The predicted octanol–water partition coefficient (Wildman–Crippen LogP) is 3.30. The van der Waals surface area contributed by atoms with Gasteiger partial charge in [-0.3, -0.25) is 4.79 Å². The van der Waals surface area contributed by atoms with Crippen molar-refractivity contribution in [1.29, 1.82) is 0 Å². The first-order valence-corrected chi connectivity index (χ1v) is 8.23. The van der Waals surface area contributed by atoms with E-state index in [0.717, 1.165) is 12.0 Å². The predicted molar refractivity (Wildman–Crippen MR) is 96.7 cm³/mol. The summed E-state index contributed by atoms with van der Waals surface area (Å²) in [6, 6.07) is 6.94. The molecule has 0 fully saturated rings. The molecule has 0 bridgehead atoms. The molecule has 6 heteroatoms. The maximum Gasteiger partial charge on any atom is 0.341 e. The number of hydrogen-bond acceptors (Lipinski definition) is 6. The third-order valence-corrected chi connectivity index (χ3v) is 3.90. The molecule has 0 amide bonds. The highest BCUT2D eigenvalue weighted by atomic mass is 16.5. The maximum atomic E-state index is 12.9. The van der Waals surface area contributed by atoms with Crippen LogP contribution in [0.15, 0.2) is 33.5 Å². The van der Waals surface area contributed by atoms with Gasteiger partial charge in [-0.05, 0) is 43.0 Å². The lowest BCUT2D eigenvalue weighted by atomic mass is 10.0. The Balaban J connectivity index is 2.24. The largest absolute Gasteiger partial charge is 0.462 e. The van der Waals surface area contributed by atoms with Crippen molar-refractivity contribution in [3.05, 3.63) is 45.6 Å². The molecule has 130 valence electrons. The first-order valence-electron chi connectivity index (χ1n) is 8.23. The average Bonchev–Trinajstić information content (AvgIpc) is 2.55. The van der Waals surface area contributed by atoms with Gasteiger partial charge >= 0.3 is 5.97 Å². The van der Waals surface area contributed by atoms with Crippen molar-refractivity contribution in [1.82, 2.24) is 4.98 Å². The third kappa shape index (κ3) is 3.20. The lowest BCUT2D eigenvalue weighted by molar-refractivity contribution is 0.0527. The first kappa shape index (κ1) is 17.0. The smallest absolute Gasteiger partial charge is 0.341 e. The van der Waals surface area contributed by atoms with E-state index in [4.69, 9.17) is 14.9 Å². The van der Waals surface area contributed by atoms with Gasteiger partial charge in [-0.25, -0.2) is 4.79 Å². The quantitative estimate of drug-likeness (QED) is 0.578. The summed E-state index contributed by atoms with van der Waals surface area (Å²) in [6.07, 6.45) is 0.863. The summed E-state index contributed by atoms with van der Waals surface area (Å²) in [7, 11) is 0. The van der Waals surface area contributed by atoms with Gasteiger partial charge in [0.2, 0.25) is 11.1 Å². The Labute approximate surface area is 144 Å². The van der Waals surface area contributed by atoms with Crippen LogP contribution in [0.5, 0.6) is 0 Å². The van der Waals surface area contributed by atoms with Gasteiger partial charge in [-0.2, -0.15) is 4.98 Å². The van der Waals surface area contributed by atoms with Gasteiger partial charge in [0, 0.05) is 0 Å². The molecule has 6 nitrogen and oxygen atoms in total. The molecule has 0 saturated heterocycles. The zero-order valence-corrected chi connectivity index (χ0v) is 14.5. The lowest BCUT2D eigenvalue weighted by Gasteiger charge is -2.08. The number of carbonyl (C=O) groups excluding carboxylic acids is 1. The molecule has 0 unspecified atom stereocenters. The Morgan fingerprint density at radius 2 is 2.04 bits per heavy atom. The maximum absolute atomic E-state index is 12.9. The molecular formula is C19H20N2O4. The molecule has 0 saturated carbocycles. The van der Waals surface area contributed by atoms with Crippen LogP contribution in [0.3, 0.4) is 0 Å². The lowest BCUT2D eigenvalue weighted by Crippen LogP contribution is -2.12. The molecule has 0 aliphatic carbocycles. The topological polar surface area (TPSA) is 95.4 Å². The van der Waals surface area contributed by atoms with Gasteiger partial charge in [-0.1, -0.05) is 19.9 Å². The number of esters is 1. The minimum atomic E-state index is -0.609. The molecule has 25 heavy (non-hydrogen) atoms. The van der Waals surface area contributed by atoms with Gasteiger partial charge in [0.1, 0.15) is 17.0 Å². The molecule has 1 aromatic carbocycles. The van der Waals surface area contributed by atoms with E-state index in [1.165, 1.54) is 6.07 Å². The fraction of sp³-hybridized carbons (Fsp3) is 0.316. The van der Waals surface area contributed by atoms with Gasteiger partial charge in [-0.15, -0.1) is 0 Å². The number of aromatic nitrogens is 1. The van der Waals surface area contributed by atoms with Crippen molar-refractivity contribution >= 4 is 33.9 Å². The van der Waals surface area contributed by atoms with Gasteiger partial charge in [0.25, 0.3) is 0 Å². The number of anilines is 1. The normalized spacial score (nSPS) is 11.4. The summed E-state index contributed by atoms with van der Waals surface area (Å²) in [5.74, 6) is -0.158. The van der Waals surface area contributed by atoms with Crippen LogP contribution in [0.1, 0.15) is 36.7 Å². The Bertz CT molecular complexity index is 1020. The van der Waals surface area contributed by atoms with Gasteiger partial charge in [0.05, 0.1) is 17.4 Å². The minimum Gasteiger partial charge on any atom is -0.462 e. The highest BCUT2D eigenvalue weighted by molar-refractivity contribution is 5.99. The number of nitrogens with two attached hydrogens (primary N) is 1. The van der Waals surface area contributed by atoms with E-state index in [9.17, 15) is 9.59 Å². The summed E-state index contributed by atoms with van der Waals surface area (Å²) in [5, 5.41) is 0.679. The van der Waals surface area contributed by atoms with E-state index in [0.29, 0.717) is 16.9 Å². The Morgan fingerprint density at radius 1 is 1.28 bits per heavy atom. The number of rotatable bonds is 4. The molecule has 0 atom stereocenters. The number of ether oxygens (including phenoxy) is 1. The molecule has 0 spiro atoms. The van der Waals surface area contributed by atoms with Crippen molar-refractivity contribution in [2.45, 2.75) is 27.2 Å². The summed E-state index contributed by atoms with van der Waals surface area (Å²) in [4.78, 5) is 28.9. The van der Waals surface area contributed by atoms with Gasteiger partial charge < -0.3 is 14.9 Å². The van der Waals surface area contributed by atoms with Crippen LogP contribution in [-0.2, 0) is 11.2 Å². The SMILES string of the molecule is CCOC(=O)c1cc2c(=O)c3cc(CC(C)C)ccc3oc2nc1N. The number of carbonyl (C=O) groups is 1. The number of benzene rings is 1. The van der Waals surface area contributed by atoms with Crippen molar-refractivity contribution in [2.24, 2.45) is 5.92 Å². The molecule has 2 N–H and O–H groups in total. The molecule has 2 aromatic heterocycles. The van der Waals surface area contributed by atoms with Crippen LogP contribution >= 0.6 is 0 Å². The van der Waals surface area contributed by atoms with E-state index in [2.05, 4.69) is 18.8 Å². The zero-order valence-electron chi connectivity index (χ0n) is 14.5. The van der Waals surface area contributed by atoms with E-state index in [-0.39, 0.29) is 34.5 Å². The van der Waals surface area contributed by atoms with Crippen molar-refractivity contribution in [3.63, 3.8) is 0 Å². The highest BCUT2D eigenvalue weighted by Gasteiger charge is 2.17. The summed E-state index contributed by atoms with van der Waals surface area (Å²) in [6.45, 7) is 6.14. The summed E-state index contributed by atoms with van der Waals surface area (Å²) >= 11 is 0. The molecule has 3 aromatic rings. The monoisotopic (exact) mass is 340 g/mol. The first-order chi connectivity index (χ1) is 11.9. The average molecular weight is 340 g/mol. The zero-order chi connectivity index (χ0) is 18.1. The molecule has 2 heterocycles. The number of fused-ring (bicyclic) bond motifs is 2. The second-order valence-corrected chi connectivity index (χ2v) is 6.35. The second kappa shape index (κ2) is 6.55. The highest BCUT2D eigenvalue weighted by Crippen LogP contribution is 2.23. The van der Waals surface area contributed by atoms with E-state index < -0.39 is 5.97 Å². The Kier molecular flexibility index (Phi) is 4.44.